The van der Waals surface area contributed by atoms with Crippen LogP contribution in [0.3, 0.4) is 0 Å². The fraction of sp³-hybridized carbons (Fsp3) is 0.600. The average Bonchev–Trinajstić information content (AvgIpc) is 2.46. The zero-order chi connectivity index (χ0) is 15.3. The number of primary sulfonamides is 1. The fourth-order valence-corrected chi connectivity index (χ4v) is 3.36. The van der Waals surface area contributed by atoms with Gasteiger partial charge in [0.2, 0.25) is 10.0 Å². The standard InChI is InChI=1S/C15H25N3O2S/c1-2-8-18-9-6-14(7-10-18)17-12-13-4-3-5-15(11-13)21(16,19)20/h3-5,11,14,17H,2,6-10,12H2,1H3,(H2,16,19,20). The van der Waals surface area contributed by atoms with Gasteiger partial charge in [0.15, 0.2) is 0 Å². The number of nitrogens with one attached hydrogen (secondary N) is 1. The predicted molar refractivity (Wildman–Crippen MR) is 84.4 cm³/mol. The first-order valence-corrected chi connectivity index (χ1v) is 9.11. The molecule has 1 heterocycles. The van der Waals surface area contributed by atoms with Crippen LogP contribution in [0.4, 0.5) is 0 Å². The third kappa shape index (κ3) is 5.07. The Bertz CT molecular complexity index is 552. The number of likely N-dealkylation sites (tertiary alicyclic amines) is 1. The highest BCUT2D eigenvalue weighted by Crippen LogP contribution is 2.13. The Morgan fingerprint density at radius 2 is 2.05 bits per heavy atom. The molecule has 1 aromatic carbocycles. The summed E-state index contributed by atoms with van der Waals surface area (Å²) in [6.07, 6.45) is 3.50. The van der Waals surface area contributed by atoms with Gasteiger partial charge in [0.1, 0.15) is 0 Å². The van der Waals surface area contributed by atoms with E-state index in [0.717, 1.165) is 31.5 Å². The second-order valence-electron chi connectivity index (χ2n) is 5.69. The van der Waals surface area contributed by atoms with Crippen LogP contribution in [0.25, 0.3) is 0 Å². The van der Waals surface area contributed by atoms with Crippen molar-refractivity contribution in [1.29, 1.82) is 0 Å². The zero-order valence-electron chi connectivity index (χ0n) is 12.6. The maximum Gasteiger partial charge on any atom is 0.238 e. The number of sulfonamides is 1. The lowest BCUT2D eigenvalue weighted by Gasteiger charge is -2.32. The molecular weight excluding hydrogens is 286 g/mol. The molecule has 2 rings (SSSR count). The molecule has 1 aliphatic rings. The third-order valence-electron chi connectivity index (χ3n) is 3.95. The van der Waals surface area contributed by atoms with Crippen molar-refractivity contribution >= 4 is 10.0 Å². The first-order chi connectivity index (χ1) is 9.99. The van der Waals surface area contributed by atoms with Gasteiger partial charge in [0.05, 0.1) is 4.90 Å². The van der Waals surface area contributed by atoms with Crippen LogP contribution >= 0.6 is 0 Å². The van der Waals surface area contributed by atoms with Crippen LogP contribution in [0.5, 0.6) is 0 Å². The molecule has 5 nitrogen and oxygen atoms in total. The predicted octanol–water partition coefficient (Wildman–Crippen LogP) is 1.30. The van der Waals surface area contributed by atoms with Gasteiger partial charge in [-0.25, -0.2) is 13.6 Å². The molecule has 0 spiro atoms. The SMILES string of the molecule is CCCN1CCC(NCc2cccc(S(N)(=O)=O)c2)CC1. The minimum atomic E-state index is -3.62. The molecule has 0 bridgehead atoms. The van der Waals surface area contributed by atoms with E-state index in [9.17, 15) is 8.42 Å². The molecule has 118 valence electrons. The molecule has 0 aliphatic carbocycles. The number of rotatable bonds is 6. The zero-order valence-corrected chi connectivity index (χ0v) is 13.4. The molecule has 0 radical (unpaired) electrons. The van der Waals surface area contributed by atoms with Crippen molar-refractivity contribution in [3.05, 3.63) is 29.8 Å². The van der Waals surface area contributed by atoms with Crippen molar-refractivity contribution in [2.24, 2.45) is 5.14 Å². The summed E-state index contributed by atoms with van der Waals surface area (Å²) in [6.45, 7) is 6.36. The molecule has 0 saturated carbocycles. The second-order valence-corrected chi connectivity index (χ2v) is 7.25. The van der Waals surface area contributed by atoms with Gasteiger partial charge in [-0.3, -0.25) is 0 Å². The summed E-state index contributed by atoms with van der Waals surface area (Å²) in [5.74, 6) is 0. The molecule has 0 aromatic heterocycles. The molecule has 0 unspecified atom stereocenters. The van der Waals surface area contributed by atoms with E-state index in [1.165, 1.54) is 19.0 Å². The molecule has 21 heavy (non-hydrogen) atoms. The van der Waals surface area contributed by atoms with Gasteiger partial charge in [-0.05, 0) is 56.6 Å². The average molecular weight is 311 g/mol. The second kappa shape index (κ2) is 7.35. The minimum absolute atomic E-state index is 0.180. The Morgan fingerprint density at radius 1 is 1.33 bits per heavy atom. The third-order valence-corrected chi connectivity index (χ3v) is 4.86. The Balaban J connectivity index is 1.84. The minimum Gasteiger partial charge on any atom is -0.310 e. The molecule has 6 heteroatoms. The van der Waals surface area contributed by atoms with Crippen molar-refractivity contribution in [1.82, 2.24) is 10.2 Å². The van der Waals surface area contributed by atoms with Gasteiger partial charge in [0.25, 0.3) is 0 Å². The number of hydrogen-bond acceptors (Lipinski definition) is 4. The van der Waals surface area contributed by atoms with Crippen LogP contribution in [-0.4, -0.2) is 39.0 Å². The summed E-state index contributed by atoms with van der Waals surface area (Å²) in [6, 6.07) is 7.35. The lowest BCUT2D eigenvalue weighted by molar-refractivity contribution is 0.197. The first kappa shape index (κ1) is 16.4. The van der Waals surface area contributed by atoms with Crippen LogP contribution in [0, 0.1) is 0 Å². The lowest BCUT2D eigenvalue weighted by Crippen LogP contribution is -2.42. The van der Waals surface area contributed by atoms with Crippen LogP contribution in [0.2, 0.25) is 0 Å². The van der Waals surface area contributed by atoms with Crippen molar-refractivity contribution in [3.8, 4) is 0 Å². The lowest BCUT2D eigenvalue weighted by atomic mass is 10.0. The van der Waals surface area contributed by atoms with E-state index in [4.69, 9.17) is 5.14 Å². The van der Waals surface area contributed by atoms with Crippen LogP contribution in [0.1, 0.15) is 31.7 Å². The van der Waals surface area contributed by atoms with Crippen molar-refractivity contribution < 1.29 is 8.42 Å². The van der Waals surface area contributed by atoms with E-state index in [1.807, 2.05) is 6.07 Å². The van der Waals surface area contributed by atoms with Crippen molar-refractivity contribution in [3.63, 3.8) is 0 Å². The molecule has 1 aliphatic heterocycles. The highest BCUT2D eigenvalue weighted by atomic mass is 32.2. The summed E-state index contributed by atoms with van der Waals surface area (Å²) in [4.78, 5) is 2.68. The first-order valence-electron chi connectivity index (χ1n) is 7.56. The highest BCUT2D eigenvalue weighted by Gasteiger charge is 2.18. The van der Waals surface area contributed by atoms with Crippen molar-refractivity contribution in [2.45, 2.75) is 43.7 Å². The van der Waals surface area contributed by atoms with Gasteiger partial charge < -0.3 is 10.2 Å². The molecular formula is C15H25N3O2S. The largest absolute Gasteiger partial charge is 0.310 e. The molecule has 1 aromatic rings. The Kier molecular flexibility index (Phi) is 5.75. The van der Waals surface area contributed by atoms with E-state index in [-0.39, 0.29) is 4.90 Å². The molecule has 0 amide bonds. The van der Waals surface area contributed by atoms with Gasteiger partial charge in [-0.15, -0.1) is 0 Å². The number of nitrogens with zero attached hydrogens (tertiary/aromatic N) is 1. The summed E-state index contributed by atoms with van der Waals surface area (Å²) in [5, 5.41) is 8.67. The summed E-state index contributed by atoms with van der Waals surface area (Å²) >= 11 is 0. The summed E-state index contributed by atoms with van der Waals surface area (Å²) < 4.78 is 22.7. The number of benzene rings is 1. The van der Waals surface area contributed by atoms with Crippen LogP contribution < -0.4 is 10.5 Å². The topological polar surface area (TPSA) is 75.4 Å². The molecule has 1 fully saturated rings. The van der Waals surface area contributed by atoms with E-state index < -0.39 is 10.0 Å². The van der Waals surface area contributed by atoms with E-state index in [0.29, 0.717) is 12.6 Å². The van der Waals surface area contributed by atoms with Gasteiger partial charge in [0, 0.05) is 12.6 Å². The highest BCUT2D eigenvalue weighted by molar-refractivity contribution is 7.89. The Hall–Kier alpha value is -0.950. The summed E-state index contributed by atoms with van der Waals surface area (Å²) in [5.41, 5.74) is 0.956. The number of piperidine rings is 1. The van der Waals surface area contributed by atoms with Gasteiger partial charge in [-0.2, -0.15) is 0 Å². The maximum absolute atomic E-state index is 11.3. The maximum atomic E-state index is 11.3. The van der Waals surface area contributed by atoms with Crippen LogP contribution in [0.15, 0.2) is 29.2 Å². The van der Waals surface area contributed by atoms with Gasteiger partial charge in [-0.1, -0.05) is 19.1 Å². The normalized spacial score (nSPS) is 18.0. The number of hydrogen-bond donors (Lipinski definition) is 2. The Labute approximate surface area is 127 Å². The van der Waals surface area contributed by atoms with E-state index in [1.54, 1.807) is 12.1 Å². The molecule has 0 atom stereocenters. The van der Waals surface area contributed by atoms with Crippen molar-refractivity contribution in [2.75, 3.05) is 19.6 Å². The summed E-state index contributed by atoms with van der Waals surface area (Å²) in [7, 11) is -3.62. The Morgan fingerprint density at radius 3 is 2.67 bits per heavy atom. The van der Waals surface area contributed by atoms with E-state index in [2.05, 4.69) is 17.1 Å². The molecule has 3 N–H and O–H groups in total. The quantitative estimate of drug-likeness (QED) is 0.830. The smallest absolute Gasteiger partial charge is 0.238 e. The van der Waals surface area contributed by atoms with Crippen LogP contribution in [-0.2, 0) is 16.6 Å². The van der Waals surface area contributed by atoms with E-state index >= 15 is 0 Å². The fourth-order valence-electron chi connectivity index (χ4n) is 2.77. The molecule has 1 saturated heterocycles. The van der Waals surface area contributed by atoms with Gasteiger partial charge >= 0.3 is 0 Å². The number of nitrogens with two attached hydrogens (primary N) is 1. The monoisotopic (exact) mass is 311 g/mol.